The Morgan fingerprint density at radius 3 is 1.14 bits per heavy atom. The van der Waals surface area contributed by atoms with Gasteiger partial charge in [-0.3, -0.25) is 0 Å². The summed E-state index contributed by atoms with van der Waals surface area (Å²) < 4.78 is 1.05. The molecule has 0 atom stereocenters. The molecule has 2 aromatic heterocycles. The number of para-hydroxylation sites is 7. The van der Waals surface area contributed by atoms with Gasteiger partial charge in [0.15, 0.2) is 0 Å². The van der Waals surface area contributed by atoms with E-state index in [1.54, 1.807) is 24.8 Å². The molecule has 69 heavy (non-hydrogen) atoms. The van der Waals surface area contributed by atoms with Crippen LogP contribution in [0.3, 0.4) is 0 Å². The first-order chi connectivity index (χ1) is 33.1. The number of hydrogen-bond acceptors (Lipinski definition) is 10. The van der Waals surface area contributed by atoms with Gasteiger partial charge in [0.05, 0.1) is 5.34 Å². The van der Waals surface area contributed by atoms with Crippen molar-refractivity contribution in [1.29, 1.82) is 0 Å². The molecule has 0 fully saturated rings. The number of rotatable bonds is 6. The third-order valence-corrected chi connectivity index (χ3v) is 10.8. The van der Waals surface area contributed by atoms with Crippen LogP contribution in [0, 0.1) is 38.2 Å². The van der Waals surface area contributed by atoms with Gasteiger partial charge < -0.3 is 29.4 Å². The first-order valence-corrected chi connectivity index (χ1v) is 22.9. The zero-order valence-corrected chi connectivity index (χ0v) is 44.2. The smallest absolute Gasteiger partial charge is 0.145 e. The quantitative estimate of drug-likeness (QED) is 0.119. The molecule has 0 bridgehead atoms. The van der Waals surface area contributed by atoms with Gasteiger partial charge in [-0.05, 0) is 48.5 Å². The molecule has 0 aliphatic carbocycles. The normalized spacial score (nSPS) is 12.6. The van der Waals surface area contributed by atoms with Gasteiger partial charge in [-0.1, -0.05) is 87.1 Å². The first-order valence-electron chi connectivity index (χ1n) is 21.0. The number of hydrogen-bond donors (Lipinski definition) is 0. The minimum absolute atomic E-state index is 0. The fourth-order valence-electron chi connectivity index (χ4n) is 7.42. The van der Waals surface area contributed by atoms with E-state index in [1.165, 1.54) is 5.69 Å². The minimum atomic E-state index is 0. The van der Waals surface area contributed by atoms with Crippen molar-refractivity contribution >= 4 is 108 Å². The summed E-state index contributed by atoms with van der Waals surface area (Å²) in [6.45, 7) is 6.09. The van der Waals surface area contributed by atoms with Crippen LogP contribution in [0.4, 0.5) is 68.8 Å². The average Bonchev–Trinajstić information content (AvgIpc) is 4.11. The molecule has 0 unspecified atom stereocenters. The Balaban J connectivity index is 0.000000146. The molecule has 12 rings (SSSR count). The van der Waals surface area contributed by atoms with Crippen LogP contribution >= 0.6 is 39.1 Å². The Hall–Kier alpha value is -6.14. The van der Waals surface area contributed by atoms with Gasteiger partial charge >= 0.3 is 0 Å². The maximum absolute atomic E-state index is 4.76. The maximum Gasteiger partial charge on any atom is 0.145 e. The van der Waals surface area contributed by atoms with Crippen molar-refractivity contribution in [2.75, 3.05) is 34.7 Å². The number of benzene rings is 7. The molecule has 2 radical (unpaired) electrons. The molecule has 3 aliphatic rings. The Bertz CT molecular complexity index is 2710. The topological polar surface area (TPSA) is 71.0 Å². The number of nitrogens with zero attached hydrogens (tertiary/aromatic N) is 10. The monoisotopic (exact) mass is 1360 g/mol. The van der Waals surface area contributed by atoms with Crippen molar-refractivity contribution < 1.29 is 40.2 Å². The summed E-state index contributed by atoms with van der Waals surface area (Å²) in [6, 6.07) is 70.4. The summed E-state index contributed by atoms with van der Waals surface area (Å²) in [5.41, 5.74) is 8.47. The van der Waals surface area contributed by atoms with Crippen LogP contribution in [0.1, 0.15) is 0 Å². The second-order valence-electron chi connectivity index (χ2n) is 14.5. The minimum Gasteiger partial charge on any atom is -0.493 e. The zero-order chi connectivity index (χ0) is 45.8. The zero-order valence-electron chi connectivity index (χ0n) is 36.3. The van der Waals surface area contributed by atoms with Crippen LogP contribution in [0.5, 0.6) is 0 Å². The molecule has 0 saturated carbocycles. The Morgan fingerprint density at radius 2 is 0.739 bits per heavy atom. The van der Waals surface area contributed by atoms with Crippen molar-refractivity contribution in [2.24, 2.45) is 0 Å². The van der Waals surface area contributed by atoms with Gasteiger partial charge in [-0.15, -0.1) is 66.3 Å². The van der Waals surface area contributed by atoms with E-state index in [2.05, 4.69) is 125 Å². The van der Waals surface area contributed by atoms with Crippen molar-refractivity contribution in [2.45, 2.75) is 0 Å². The molecule has 0 saturated heterocycles. The molecule has 350 valence electrons. The number of fused-ring (bicyclic) bond motifs is 3. The summed E-state index contributed by atoms with van der Waals surface area (Å²) >= 11 is 13.1. The molecule has 9 aromatic rings. The van der Waals surface area contributed by atoms with Gasteiger partial charge in [0.1, 0.15) is 23.3 Å². The van der Waals surface area contributed by atoms with E-state index in [0.29, 0.717) is 0 Å². The average molecular weight is 1360 g/mol. The third-order valence-electron chi connectivity index (χ3n) is 10.3. The van der Waals surface area contributed by atoms with Gasteiger partial charge in [-0.2, -0.15) is 78.9 Å². The standard InChI is InChI=1S/C19H13BrN2.2C17H12N4.CH2Cl2.2Ir/c20-15-7-6-10-17(13-15)22-14-21(16-8-2-1-3-9-16)18-11-4-5-12-19(18)22;2*1-3-7-14(8-4-1)20-13-21(15-9-5-2-6-10-15)17-16(20)18-11-12-19-17;2-1-3;;/h1-9,11-14H;2*1-9,11-13H;1H2;;/q3*-2;;;. The van der Waals surface area contributed by atoms with E-state index in [0.717, 1.165) is 67.6 Å². The largest absolute Gasteiger partial charge is 0.493 e. The van der Waals surface area contributed by atoms with E-state index >= 15 is 0 Å². The van der Waals surface area contributed by atoms with Crippen LogP contribution < -0.4 is 29.4 Å². The molecule has 10 nitrogen and oxygen atoms in total. The van der Waals surface area contributed by atoms with Crippen LogP contribution in [-0.4, -0.2) is 25.3 Å². The van der Waals surface area contributed by atoms with Crippen LogP contribution in [0.2, 0.25) is 0 Å². The van der Waals surface area contributed by atoms with E-state index < -0.39 is 0 Å². The molecule has 0 amide bonds. The van der Waals surface area contributed by atoms with Gasteiger partial charge in [-0.25, -0.2) is 19.9 Å². The van der Waals surface area contributed by atoms with E-state index in [1.807, 2.05) is 160 Å². The number of alkyl halides is 2. The third kappa shape index (κ3) is 11.8. The predicted octanol–water partition coefficient (Wildman–Crippen LogP) is 14.4. The molecule has 3 aliphatic heterocycles. The van der Waals surface area contributed by atoms with E-state index in [9.17, 15) is 0 Å². The second kappa shape index (κ2) is 24.9. The molecular formula is C54H39BrCl2Ir2N10-6. The summed E-state index contributed by atoms with van der Waals surface area (Å²) in [5, 5.41) is 0.194. The van der Waals surface area contributed by atoms with Crippen molar-refractivity contribution in [3.63, 3.8) is 0 Å². The second-order valence-corrected chi connectivity index (χ2v) is 16.2. The SMILES string of the molecule is Brc1cc[c-]c(N2[CH-]N(c3ccccc3)c3ccccc32)c1.ClCCl.[Ir].[Ir].[c-]1ccccc1N1[CH-]N(c2ccccc2)c2nccnc21.[c-]1ccccc1N1[CH-]N(c2ccccc2)c2nccnc21. The summed E-state index contributed by atoms with van der Waals surface area (Å²) in [6.07, 6.45) is 6.83. The van der Waals surface area contributed by atoms with Crippen LogP contribution in [0.25, 0.3) is 0 Å². The van der Waals surface area contributed by atoms with Crippen molar-refractivity contribution in [3.05, 3.63) is 249 Å². The summed E-state index contributed by atoms with van der Waals surface area (Å²) in [4.78, 5) is 30.3. The van der Waals surface area contributed by atoms with Crippen LogP contribution in [-0.2, 0) is 40.2 Å². The Labute approximate surface area is 448 Å². The molecule has 5 heterocycles. The molecule has 0 spiro atoms. The van der Waals surface area contributed by atoms with Crippen molar-refractivity contribution in [3.8, 4) is 0 Å². The maximum atomic E-state index is 4.76. The van der Waals surface area contributed by atoms with E-state index in [-0.39, 0.29) is 45.5 Å². The number of halogens is 3. The summed E-state index contributed by atoms with van der Waals surface area (Å²) in [7, 11) is 0. The first kappa shape index (κ1) is 50.7. The Morgan fingerprint density at radius 1 is 0.391 bits per heavy atom. The molecule has 15 heteroatoms. The van der Waals surface area contributed by atoms with Gasteiger partial charge in [0.25, 0.3) is 0 Å². The van der Waals surface area contributed by atoms with E-state index in [4.69, 9.17) is 23.2 Å². The number of anilines is 12. The Kier molecular flexibility index (Phi) is 18.3. The molecule has 7 aromatic carbocycles. The fraction of sp³-hybridized carbons (Fsp3) is 0.0185. The van der Waals surface area contributed by atoms with Crippen LogP contribution in [0.15, 0.2) is 211 Å². The van der Waals surface area contributed by atoms with Gasteiger partial charge in [0.2, 0.25) is 0 Å². The van der Waals surface area contributed by atoms with Crippen molar-refractivity contribution in [1.82, 2.24) is 19.9 Å². The summed E-state index contributed by atoms with van der Waals surface area (Å²) in [5.74, 6) is 3.26. The fourth-order valence-corrected chi connectivity index (χ4v) is 7.76. The number of aromatic nitrogens is 4. The molecular weight excluding hydrogens is 1320 g/mol. The molecule has 0 N–H and O–H groups in total. The predicted molar refractivity (Wildman–Crippen MR) is 276 cm³/mol. The van der Waals surface area contributed by atoms with Gasteiger partial charge in [0, 0.05) is 93.4 Å².